The lowest BCUT2D eigenvalue weighted by Crippen LogP contribution is -2.57. The number of hydrogen-bond donors (Lipinski definition) is 3. The monoisotopic (exact) mass is 551 g/mol. The van der Waals surface area contributed by atoms with Gasteiger partial charge in [-0.3, -0.25) is 4.79 Å². The van der Waals surface area contributed by atoms with Gasteiger partial charge in [0.2, 0.25) is 5.91 Å². The molecule has 1 rings (SSSR count). The molecule has 0 radical (unpaired) electrons. The van der Waals surface area contributed by atoms with Crippen LogP contribution >= 0.6 is 11.8 Å². The summed E-state index contributed by atoms with van der Waals surface area (Å²) >= 11 is 1.47. The van der Waals surface area contributed by atoms with Crippen molar-refractivity contribution in [3.63, 3.8) is 0 Å². The molecule has 1 fully saturated rings. The summed E-state index contributed by atoms with van der Waals surface area (Å²) in [6.07, 6.45) is 11.5. The van der Waals surface area contributed by atoms with Crippen LogP contribution in [0.2, 0.25) is 0 Å². The van der Waals surface area contributed by atoms with Crippen molar-refractivity contribution in [2.24, 2.45) is 5.92 Å². The van der Waals surface area contributed by atoms with Crippen LogP contribution in [0, 0.1) is 5.92 Å². The van der Waals surface area contributed by atoms with Crippen LogP contribution < -0.4 is 10.6 Å². The number of aliphatic carboxylic acids is 1. The number of amides is 3. The Morgan fingerprint density at radius 2 is 1.58 bits per heavy atom. The number of allylic oxidation sites excluding steroid dienone is 5. The van der Waals surface area contributed by atoms with Gasteiger partial charge >= 0.3 is 12.0 Å². The average Bonchev–Trinajstić information content (AvgIpc) is 2.88. The first kappa shape index (κ1) is 33.8. The Kier molecular flexibility index (Phi) is 16.8. The summed E-state index contributed by atoms with van der Waals surface area (Å²) in [6, 6.07) is -2.16. The van der Waals surface area contributed by atoms with Crippen LogP contribution in [0.5, 0.6) is 0 Å². The van der Waals surface area contributed by atoms with Crippen LogP contribution in [0.25, 0.3) is 0 Å². The van der Waals surface area contributed by atoms with Gasteiger partial charge in [-0.1, -0.05) is 55.2 Å². The van der Waals surface area contributed by atoms with Crippen molar-refractivity contribution in [3.8, 4) is 0 Å². The fourth-order valence-electron chi connectivity index (χ4n) is 3.85. The van der Waals surface area contributed by atoms with Crippen molar-refractivity contribution < 1.29 is 24.2 Å². The van der Waals surface area contributed by atoms with Gasteiger partial charge < -0.3 is 25.4 Å². The van der Waals surface area contributed by atoms with Crippen LogP contribution in [-0.4, -0.2) is 77.8 Å². The lowest BCUT2D eigenvalue weighted by molar-refractivity contribution is -0.141. The molecule has 1 aliphatic rings. The minimum absolute atomic E-state index is 0.141. The highest BCUT2D eigenvalue weighted by Crippen LogP contribution is 2.14. The average molecular weight is 552 g/mol. The molecule has 3 atom stereocenters. The SMILES string of the molecule is CC[C@H](C)[C@H](NC(=O)N1CCOCC1)C(=O)NC(CSCC=C(C)CCC=C(C)CCC=C(C)C)C(=O)O. The molecule has 0 aromatic carbocycles. The molecule has 0 spiro atoms. The predicted octanol–water partition coefficient (Wildman–Crippen LogP) is 5.16. The van der Waals surface area contributed by atoms with Gasteiger partial charge in [-0.05, 0) is 59.3 Å². The van der Waals surface area contributed by atoms with E-state index in [2.05, 4.69) is 56.6 Å². The Bertz CT molecular complexity index is 845. The van der Waals surface area contributed by atoms with E-state index in [-0.39, 0.29) is 17.7 Å². The summed E-state index contributed by atoms with van der Waals surface area (Å²) in [7, 11) is 0. The molecule has 8 nitrogen and oxygen atoms in total. The normalized spacial score (nSPS) is 16.8. The number of nitrogens with zero attached hydrogens (tertiary/aromatic N) is 1. The quantitative estimate of drug-likeness (QED) is 0.181. The maximum absolute atomic E-state index is 13.0. The maximum Gasteiger partial charge on any atom is 0.327 e. The molecule has 0 saturated carbocycles. The topological polar surface area (TPSA) is 108 Å². The Morgan fingerprint density at radius 3 is 2.16 bits per heavy atom. The third kappa shape index (κ3) is 14.0. The van der Waals surface area contributed by atoms with Crippen molar-refractivity contribution in [1.82, 2.24) is 15.5 Å². The van der Waals surface area contributed by atoms with Gasteiger partial charge in [0.25, 0.3) is 0 Å². The minimum atomic E-state index is -1.08. The first-order valence-corrected chi connectivity index (χ1v) is 14.9. The molecule has 1 unspecified atom stereocenters. The second kappa shape index (κ2) is 18.9. The van der Waals surface area contributed by atoms with Crippen LogP contribution in [0.4, 0.5) is 4.79 Å². The first-order valence-electron chi connectivity index (χ1n) is 13.7. The van der Waals surface area contributed by atoms with Gasteiger partial charge in [-0.2, -0.15) is 11.8 Å². The van der Waals surface area contributed by atoms with E-state index in [1.54, 1.807) is 4.90 Å². The van der Waals surface area contributed by atoms with E-state index in [0.29, 0.717) is 38.5 Å². The van der Waals surface area contributed by atoms with E-state index in [0.717, 1.165) is 25.7 Å². The van der Waals surface area contributed by atoms with Gasteiger partial charge in [0.05, 0.1) is 13.2 Å². The Hall–Kier alpha value is -2.26. The molecule has 38 heavy (non-hydrogen) atoms. The van der Waals surface area contributed by atoms with Crippen molar-refractivity contribution >= 4 is 29.7 Å². The van der Waals surface area contributed by atoms with Crippen molar-refractivity contribution in [1.29, 1.82) is 0 Å². The molecule has 0 aromatic heterocycles. The fourth-order valence-corrected chi connectivity index (χ4v) is 4.85. The molecule has 3 amide bonds. The largest absolute Gasteiger partial charge is 0.480 e. The standard InChI is InChI=1S/C29H49N3O5S/c1-7-24(6)26(31-29(36)32-15-17-37-18-16-32)27(33)30-25(28(34)35)20-38-19-14-23(5)13-9-12-22(4)11-8-10-21(2)3/h10,12,14,24-26H,7-9,11,13,15-20H2,1-6H3,(H,30,33)(H,31,36)(H,34,35)/t24-,25?,26-/m0/s1. The zero-order chi connectivity index (χ0) is 28.5. The van der Waals surface area contributed by atoms with Crippen LogP contribution in [-0.2, 0) is 14.3 Å². The maximum atomic E-state index is 13.0. The summed E-state index contributed by atoms with van der Waals surface area (Å²) in [5.74, 6) is -0.761. The van der Waals surface area contributed by atoms with Gasteiger partial charge in [-0.15, -0.1) is 0 Å². The van der Waals surface area contributed by atoms with E-state index >= 15 is 0 Å². The number of carboxylic acids is 1. The van der Waals surface area contributed by atoms with E-state index < -0.39 is 24.0 Å². The third-order valence-corrected chi connectivity index (χ3v) is 7.62. The lowest BCUT2D eigenvalue weighted by atomic mass is 9.98. The highest BCUT2D eigenvalue weighted by molar-refractivity contribution is 7.99. The Balaban J connectivity index is 2.55. The van der Waals surface area contributed by atoms with Gasteiger partial charge in [-0.25, -0.2) is 9.59 Å². The number of carboxylic acid groups (broad SMARTS) is 1. The number of carbonyl (C=O) groups excluding carboxylic acids is 2. The highest BCUT2D eigenvalue weighted by atomic mass is 32.2. The number of carbonyl (C=O) groups is 3. The second-order valence-corrected chi connectivity index (χ2v) is 11.4. The number of ether oxygens (including phenoxy) is 1. The molecular weight excluding hydrogens is 502 g/mol. The number of rotatable bonds is 16. The number of nitrogens with one attached hydrogen (secondary N) is 2. The number of thioether (sulfide) groups is 1. The molecule has 0 aromatic rings. The molecule has 3 N–H and O–H groups in total. The van der Waals surface area contributed by atoms with E-state index in [1.165, 1.54) is 28.5 Å². The summed E-state index contributed by atoms with van der Waals surface area (Å²) in [5, 5.41) is 15.1. The molecule has 9 heteroatoms. The Morgan fingerprint density at radius 1 is 0.974 bits per heavy atom. The highest BCUT2D eigenvalue weighted by Gasteiger charge is 2.31. The van der Waals surface area contributed by atoms with Crippen LogP contribution in [0.15, 0.2) is 34.9 Å². The molecule has 1 saturated heterocycles. The second-order valence-electron chi connectivity index (χ2n) is 10.3. The summed E-state index contributed by atoms with van der Waals surface area (Å²) in [6.45, 7) is 14.2. The summed E-state index contributed by atoms with van der Waals surface area (Å²) < 4.78 is 5.28. The predicted molar refractivity (Wildman–Crippen MR) is 156 cm³/mol. The number of morpholine rings is 1. The van der Waals surface area contributed by atoms with Crippen molar-refractivity contribution in [3.05, 3.63) is 34.9 Å². The third-order valence-electron chi connectivity index (χ3n) is 6.64. The van der Waals surface area contributed by atoms with Crippen molar-refractivity contribution in [2.75, 3.05) is 37.8 Å². The molecule has 0 aliphatic carbocycles. The molecule has 1 aliphatic heterocycles. The molecule has 1 heterocycles. The first-order chi connectivity index (χ1) is 18.0. The summed E-state index contributed by atoms with van der Waals surface area (Å²) in [4.78, 5) is 39.2. The smallest absolute Gasteiger partial charge is 0.327 e. The van der Waals surface area contributed by atoms with Crippen molar-refractivity contribution in [2.45, 2.75) is 85.7 Å². The van der Waals surface area contributed by atoms with E-state index in [1.807, 2.05) is 13.8 Å². The van der Waals surface area contributed by atoms with Gasteiger partial charge in [0, 0.05) is 24.6 Å². The molecule has 0 bridgehead atoms. The number of urea groups is 1. The fraction of sp³-hybridized carbons (Fsp3) is 0.690. The zero-order valence-electron chi connectivity index (χ0n) is 24.2. The molecule has 216 valence electrons. The minimum Gasteiger partial charge on any atom is -0.480 e. The zero-order valence-corrected chi connectivity index (χ0v) is 25.0. The lowest BCUT2D eigenvalue weighted by Gasteiger charge is -2.31. The summed E-state index contributed by atoms with van der Waals surface area (Å²) in [5.41, 5.74) is 4.02. The number of hydrogen-bond acceptors (Lipinski definition) is 5. The van der Waals surface area contributed by atoms with E-state index in [9.17, 15) is 19.5 Å². The van der Waals surface area contributed by atoms with Crippen LogP contribution in [0.3, 0.4) is 0 Å². The van der Waals surface area contributed by atoms with E-state index in [4.69, 9.17) is 4.74 Å². The molecular formula is C29H49N3O5S. The Labute approximate surface area is 233 Å². The van der Waals surface area contributed by atoms with Gasteiger partial charge in [0.1, 0.15) is 12.1 Å². The van der Waals surface area contributed by atoms with Gasteiger partial charge in [0.15, 0.2) is 0 Å². The van der Waals surface area contributed by atoms with Crippen LogP contribution in [0.1, 0.15) is 73.6 Å².